The van der Waals surface area contributed by atoms with E-state index < -0.39 is 0 Å². The van der Waals surface area contributed by atoms with Crippen LogP contribution in [-0.2, 0) is 0 Å². The van der Waals surface area contributed by atoms with Crippen LogP contribution in [0.3, 0.4) is 0 Å². The molecule has 0 spiro atoms. The molecule has 2 heteroatoms. The number of rotatable bonds is 5. The molecule has 0 N–H and O–H groups in total. The number of hydrogen-bond donors (Lipinski definition) is 0. The normalized spacial score (nSPS) is 16.8. The summed E-state index contributed by atoms with van der Waals surface area (Å²) in [7, 11) is 0. The van der Waals surface area contributed by atoms with Crippen LogP contribution in [0.15, 0.2) is 0 Å². The topological polar surface area (TPSA) is 0 Å². The molecular weight excluding hydrogens is 303 g/mol. The van der Waals surface area contributed by atoms with Crippen molar-refractivity contribution in [3.05, 3.63) is 0 Å². The average molecular weight is 319 g/mol. The van der Waals surface area contributed by atoms with Gasteiger partial charge in [0.15, 0.2) is 0 Å². The van der Waals surface area contributed by atoms with E-state index in [1.54, 1.807) is 0 Å². The second kappa shape index (κ2) is 6.89. The molecule has 2 unspecified atom stereocenters. The second-order valence-corrected chi connectivity index (χ2v) is 6.14. The molecule has 0 saturated carbocycles. The smallest absolute Gasteiger partial charge is 0.0143 e. The van der Waals surface area contributed by atoms with E-state index in [-0.39, 0.29) is 0 Å². The summed E-state index contributed by atoms with van der Waals surface area (Å²) >= 11 is 6.11. The lowest BCUT2D eigenvalue weighted by molar-refractivity contribution is 0.655. The molecule has 0 rings (SSSR count). The summed E-state index contributed by atoms with van der Waals surface area (Å²) in [5, 5.41) is 0. The summed E-state index contributed by atoms with van der Waals surface area (Å²) in [4.78, 5) is 0.752. The highest BCUT2D eigenvalue weighted by atomic mass is 127. The fraction of sp³-hybridized carbons (Fsp3) is 1.00. The standard InChI is InChI=1S/C8H16BrI/c1-3-8(9)6-4-5-7(2)10/h7-8H,3-6H2,1-2H3. The highest BCUT2D eigenvalue weighted by Gasteiger charge is 2.01. The fourth-order valence-corrected chi connectivity index (χ4v) is 1.59. The quantitative estimate of drug-likeness (QED) is 0.527. The van der Waals surface area contributed by atoms with E-state index in [4.69, 9.17) is 0 Å². The van der Waals surface area contributed by atoms with E-state index in [1.807, 2.05) is 0 Å². The molecule has 0 aliphatic carbocycles. The molecule has 0 fully saturated rings. The van der Waals surface area contributed by atoms with Gasteiger partial charge in [0, 0.05) is 8.75 Å². The Labute approximate surface area is 86.4 Å². The van der Waals surface area contributed by atoms with Gasteiger partial charge in [-0.05, 0) is 19.3 Å². The van der Waals surface area contributed by atoms with Gasteiger partial charge in [-0.3, -0.25) is 0 Å². The summed E-state index contributed by atoms with van der Waals surface area (Å²) in [5.74, 6) is 0. The Balaban J connectivity index is 3.03. The number of alkyl halides is 2. The lowest BCUT2D eigenvalue weighted by Gasteiger charge is -2.06. The zero-order chi connectivity index (χ0) is 7.98. The maximum absolute atomic E-state index is 3.62. The zero-order valence-corrected chi connectivity index (χ0v) is 10.5. The van der Waals surface area contributed by atoms with Gasteiger partial charge in [0.2, 0.25) is 0 Å². The average Bonchev–Trinajstić information content (AvgIpc) is 1.87. The zero-order valence-electron chi connectivity index (χ0n) is 6.74. The van der Waals surface area contributed by atoms with Gasteiger partial charge in [0.05, 0.1) is 0 Å². The van der Waals surface area contributed by atoms with Crippen molar-refractivity contribution in [2.45, 2.75) is 48.3 Å². The molecule has 0 amide bonds. The van der Waals surface area contributed by atoms with Crippen molar-refractivity contribution in [3.63, 3.8) is 0 Å². The third-order valence-corrected chi connectivity index (χ3v) is 3.29. The van der Waals surface area contributed by atoms with Crippen LogP contribution in [0.5, 0.6) is 0 Å². The van der Waals surface area contributed by atoms with Gasteiger partial charge in [0.25, 0.3) is 0 Å². The highest BCUT2D eigenvalue weighted by Crippen LogP contribution is 2.16. The van der Waals surface area contributed by atoms with E-state index in [0.717, 1.165) is 8.75 Å². The van der Waals surface area contributed by atoms with E-state index >= 15 is 0 Å². The fourth-order valence-electron chi connectivity index (χ4n) is 0.825. The molecule has 2 atom stereocenters. The van der Waals surface area contributed by atoms with E-state index in [2.05, 4.69) is 52.4 Å². The van der Waals surface area contributed by atoms with Crippen molar-refractivity contribution >= 4 is 38.5 Å². The molecule has 0 aromatic heterocycles. The van der Waals surface area contributed by atoms with Crippen LogP contribution >= 0.6 is 38.5 Å². The maximum Gasteiger partial charge on any atom is 0.0143 e. The third-order valence-electron chi connectivity index (χ3n) is 1.56. The van der Waals surface area contributed by atoms with Crippen LogP contribution in [0.2, 0.25) is 0 Å². The monoisotopic (exact) mass is 318 g/mol. The van der Waals surface area contributed by atoms with Crippen LogP contribution in [0.4, 0.5) is 0 Å². The second-order valence-electron chi connectivity index (χ2n) is 2.72. The predicted molar refractivity (Wildman–Crippen MR) is 60.3 cm³/mol. The first-order valence-corrected chi connectivity index (χ1v) is 6.11. The van der Waals surface area contributed by atoms with Crippen molar-refractivity contribution in [1.29, 1.82) is 0 Å². The lowest BCUT2D eigenvalue weighted by Crippen LogP contribution is -1.97. The van der Waals surface area contributed by atoms with Gasteiger partial charge >= 0.3 is 0 Å². The molecular formula is C8H16BrI. The van der Waals surface area contributed by atoms with Crippen molar-refractivity contribution in [2.75, 3.05) is 0 Å². The molecule has 62 valence electrons. The van der Waals surface area contributed by atoms with Gasteiger partial charge < -0.3 is 0 Å². The van der Waals surface area contributed by atoms with Crippen LogP contribution in [0, 0.1) is 0 Å². The molecule has 0 radical (unpaired) electrons. The number of hydrogen-bond acceptors (Lipinski definition) is 0. The summed E-state index contributed by atoms with van der Waals surface area (Å²) < 4.78 is 0.842. The van der Waals surface area contributed by atoms with E-state index in [9.17, 15) is 0 Å². The summed E-state index contributed by atoms with van der Waals surface area (Å²) in [6.45, 7) is 4.50. The van der Waals surface area contributed by atoms with Crippen molar-refractivity contribution < 1.29 is 0 Å². The van der Waals surface area contributed by atoms with Crippen LogP contribution in [0.1, 0.15) is 39.5 Å². The Morgan fingerprint density at radius 2 is 2.00 bits per heavy atom. The Morgan fingerprint density at radius 3 is 2.40 bits per heavy atom. The minimum absolute atomic E-state index is 0.752. The molecule has 0 aliphatic rings. The molecule has 0 aromatic carbocycles. The van der Waals surface area contributed by atoms with Crippen molar-refractivity contribution in [3.8, 4) is 0 Å². The summed E-state index contributed by atoms with van der Waals surface area (Å²) in [6.07, 6.45) is 5.33. The Kier molecular flexibility index (Phi) is 7.73. The Morgan fingerprint density at radius 1 is 1.40 bits per heavy atom. The molecule has 10 heavy (non-hydrogen) atoms. The Hall–Kier alpha value is 1.21. The molecule has 0 aromatic rings. The van der Waals surface area contributed by atoms with Crippen molar-refractivity contribution in [1.82, 2.24) is 0 Å². The Bertz CT molecular complexity index is 73.7. The van der Waals surface area contributed by atoms with Crippen molar-refractivity contribution in [2.24, 2.45) is 0 Å². The third kappa shape index (κ3) is 7.32. The summed E-state index contributed by atoms with van der Waals surface area (Å²) in [6, 6.07) is 0. The first-order chi connectivity index (χ1) is 4.66. The van der Waals surface area contributed by atoms with Gasteiger partial charge in [-0.15, -0.1) is 0 Å². The SMILES string of the molecule is CCC(Br)CCCC(C)I. The number of halogens is 2. The maximum atomic E-state index is 3.62. The molecule has 0 heterocycles. The molecule has 0 aliphatic heterocycles. The summed E-state index contributed by atoms with van der Waals surface area (Å²) in [5.41, 5.74) is 0. The van der Waals surface area contributed by atoms with Gasteiger partial charge in [-0.25, -0.2) is 0 Å². The molecule has 0 bridgehead atoms. The van der Waals surface area contributed by atoms with Crippen LogP contribution < -0.4 is 0 Å². The van der Waals surface area contributed by atoms with E-state index in [0.29, 0.717) is 0 Å². The minimum Gasteiger partial charge on any atom is -0.0891 e. The van der Waals surface area contributed by atoms with Crippen LogP contribution in [-0.4, -0.2) is 8.75 Å². The first-order valence-electron chi connectivity index (χ1n) is 3.95. The van der Waals surface area contributed by atoms with Gasteiger partial charge in [-0.2, -0.15) is 0 Å². The lowest BCUT2D eigenvalue weighted by atomic mass is 10.1. The molecule has 0 saturated heterocycles. The largest absolute Gasteiger partial charge is 0.0891 e. The van der Waals surface area contributed by atoms with E-state index in [1.165, 1.54) is 25.7 Å². The predicted octanol–water partition coefficient (Wildman–Crippen LogP) is 4.15. The molecule has 0 nitrogen and oxygen atoms in total. The van der Waals surface area contributed by atoms with Gasteiger partial charge in [0.1, 0.15) is 0 Å². The van der Waals surface area contributed by atoms with Crippen LogP contribution in [0.25, 0.3) is 0 Å². The van der Waals surface area contributed by atoms with Gasteiger partial charge in [-0.1, -0.05) is 58.8 Å². The highest BCUT2D eigenvalue weighted by molar-refractivity contribution is 14.1. The first kappa shape index (κ1) is 11.2. The minimum atomic E-state index is 0.752.